The van der Waals surface area contributed by atoms with E-state index >= 15 is 0 Å². The fraction of sp³-hybridized carbons (Fsp3) is 0.0769. The number of aryl methyl sites for hydroxylation is 2. The lowest BCUT2D eigenvalue weighted by atomic mass is 10.2. The molecule has 0 unspecified atom stereocenters. The molecule has 0 bridgehead atoms. The topological polar surface area (TPSA) is 18.5 Å². The molecule has 0 aliphatic carbocycles. The van der Waals surface area contributed by atoms with E-state index in [1.54, 1.807) is 24.3 Å². The van der Waals surface area contributed by atoms with Gasteiger partial charge in [0.05, 0.1) is 0 Å². The summed E-state index contributed by atoms with van der Waals surface area (Å²) in [7, 11) is 0. The number of benzene rings is 4. The summed E-state index contributed by atoms with van der Waals surface area (Å²) in [6, 6.07) is 24.1. The number of hydrogen-bond acceptors (Lipinski definition) is 2. The molecule has 4 aromatic carbocycles. The Labute approximate surface area is 190 Å². The van der Waals surface area contributed by atoms with Crippen LogP contribution in [0.2, 0.25) is 0 Å². The van der Waals surface area contributed by atoms with Crippen LogP contribution >= 0.6 is 0 Å². The second kappa shape index (κ2) is 9.47. The second-order valence-corrected chi connectivity index (χ2v) is 9.89. The summed E-state index contributed by atoms with van der Waals surface area (Å²) in [5.41, 5.74) is 2.33. The predicted molar refractivity (Wildman–Crippen MR) is 113 cm³/mol. The molecule has 5 heteroatoms. The Morgan fingerprint density at radius 2 is 0.871 bits per heavy atom. The van der Waals surface area contributed by atoms with E-state index in [2.05, 4.69) is 26.0 Å². The Balaban J connectivity index is 1.45. The van der Waals surface area contributed by atoms with E-state index in [0.29, 0.717) is 11.5 Å². The van der Waals surface area contributed by atoms with Gasteiger partial charge < -0.3 is 9.47 Å². The van der Waals surface area contributed by atoms with Gasteiger partial charge in [-0.2, -0.15) is 0 Å². The lowest BCUT2D eigenvalue weighted by molar-refractivity contribution is -0.598. The highest BCUT2D eigenvalue weighted by atomic mass is 127. The van der Waals surface area contributed by atoms with Crippen LogP contribution in [-0.4, -0.2) is 0 Å². The first kappa shape index (κ1) is 21.3. The largest absolute Gasteiger partial charge is 0.457 e. The summed E-state index contributed by atoms with van der Waals surface area (Å²) in [5, 5.41) is 0. The van der Waals surface area contributed by atoms with E-state index in [4.69, 9.17) is 9.47 Å². The van der Waals surface area contributed by atoms with Gasteiger partial charge in [-0.05, 0) is 98.8 Å². The van der Waals surface area contributed by atoms with Gasteiger partial charge in [0.15, 0.2) is 7.14 Å². The van der Waals surface area contributed by atoms with Crippen molar-refractivity contribution in [2.45, 2.75) is 13.8 Å². The van der Waals surface area contributed by atoms with Crippen molar-refractivity contribution in [3.8, 4) is 23.0 Å². The zero-order chi connectivity index (χ0) is 21.8. The highest BCUT2D eigenvalue weighted by Crippen LogP contribution is 2.23. The Kier molecular flexibility index (Phi) is 6.51. The van der Waals surface area contributed by atoms with Crippen LogP contribution in [0.5, 0.6) is 23.0 Å². The maximum Gasteiger partial charge on any atom is 0.358 e. The first-order valence-corrected chi connectivity index (χ1v) is 11.8. The van der Waals surface area contributed by atoms with Crippen molar-refractivity contribution in [2.24, 2.45) is 0 Å². The van der Waals surface area contributed by atoms with Crippen molar-refractivity contribution >= 4 is 0 Å². The van der Waals surface area contributed by atoms with Gasteiger partial charge in [0.25, 0.3) is 0 Å². The molecule has 0 atom stereocenters. The van der Waals surface area contributed by atoms with Gasteiger partial charge in [0, 0.05) is 11.1 Å². The number of rotatable bonds is 6. The highest BCUT2D eigenvalue weighted by molar-refractivity contribution is 5.35. The lowest BCUT2D eigenvalue weighted by Gasteiger charge is -2.07. The van der Waals surface area contributed by atoms with Crippen LogP contribution in [-0.2, 0) is 0 Å². The Morgan fingerprint density at radius 3 is 1.23 bits per heavy atom. The molecule has 0 aliphatic rings. The van der Waals surface area contributed by atoms with E-state index in [-0.39, 0.29) is 32.8 Å². The van der Waals surface area contributed by atoms with Crippen LogP contribution in [0.15, 0.2) is 84.9 Å². The second-order valence-electron chi connectivity index (χ2n) is 7.03. The molecular weight excluding hydrogens is 509 g/mol. The summed E-state index contributed by atoms with van der Waals surface area (Å²) in [4.78, 5) is 0. The number of hydrogen-bond donors (Lipinski definition) is 0. The fourth-order valence-corrected chi connectivity index (χ4v) is 5.47. The minimum absolute atomic E-state index is 0.284. The maximum atomic E-state index is 13.1. The van der Waals surface area contributed by atoms with E-state index in [1.807, 2.05) is 24.3 Å². The van der Waals surface area contributed by atoms with Gasteiger partial charge in [0.2, 0.25) is 0 Å². The third-order valence-corrected chi connectivity index (χ3v) is 8.14. The third-order valence-electron chi connectivity index (χ3n) is 4.56. The van der Waals surface area contributed by atoms with Crippen molar-refractivity contribution in [1.82, 2.24) is 0 Å². The quantitative estimate of drug-likeness (QED) is 0.347. The van der Waals surface area contributed by atoms with Crippen LogP contribution in [0.3, 0.4) is 0 Å². The van der Waals surface area contributed by atoms with Crippen LogP contribution in [0.25, 0.3) is 0 Å². The maximum absolute atomic E-state index is 13.1. The smallest absolute Gasteiger partial charge is 0.358 e. The Bertz CT molecular complexity index is 1090. The molecule has 0 amide bonds. The molecule has 0 saturated carbocycles. The number of ether oxygens (including phenoxy) is 2. The summed E-state index contributed by atoms with van der Waals surface area (Å²) >= 11 is -0.380. The van der Waals surface area contributed by atoms with Gasteiger partial charge in [-0.15, -0.1) is 0 Å². The molecule has 31 heavy (non-hydrogen) atoms. The van der Waals surface area contributed by atoms with Gasteiger partial charge in [0.1, 0.15) is 34.6 Å². The zero-order valence-electron chi connectivity index (χ0n) is 17.0. The average molecular weight is 529 g/mol. The van der Waals surface area contributed by atoms with Crippen molar-refractivity contribution in [2.75, 3.05) is 0 Å². The highest BCUT2D eigenvalue weighted by Gasteiger charge is 2.21. The lowest BCUT2D eigenvalue weighted by Crippen LogP contribution is -3.62. The molecule has 0 aromatic heterocycles. The molecule has 0 spiro atoms. The van der Waals surface area contributed by atoms with Crippen molar-refractivity contribution in [3.05, 3.63) is 115 Å². The molecule has 0 radical (unpaired) electrons. The third kappa shape index (κ3) is 5.61. The van der Waals surface area contributed by atoms with Crippen molar-refractivity contribution < 1.29 is 39.5 Å². The summed E-state index contributed by atoms with van der Waals surface area (Å²) in [6.07, 6.45) is 0. The molecule has 0 fully saturated rings. The van der Waals surface area contributed by atoms with Crippen molar-refractivity contribution in [3.63, 3.8) is 0 Å². The number of halogens is 3. The molecule has 0 aliphatic heterocycles. The Hall–Kier alpha value is -2.93. The van der Waals surface area contributed by atoms with Crippen LogP contribution < -0.4 is 30.7 Å². The van der Waals surface area contributed by atoms with Gasteiger partial charge in [-0.1, -0.05) is 0 Å². The Morgan fingerprint density at radius 1 is 0.516 bits per heavy atom. The molecule has 4 aromatic rings. The van der Waals surface area contributed by atoms with Crippen LogP contribution in [0, 0.1) is 32.6 Å². The molecular formula is C26H20F2IO2+. The van der Waals surface area contributed by atoms with Crippen molar-refractivity contribution in [1.29, 1.82) is 0 Å². The standard InChI is InChI=1S/C26H20F2IO2/c1-17-15-23(30-21-7-3-19(27)4-8-21)11-13-25(17)29-26-14-12-24(16-18(26)2)31-22-9-5-20(28)6-10-22/h3-16H,1-2H3/q+1. The monoisotopic (exact) mass is 529 g/mol. The molecule has 0 saturated heterocycles. The molecule has 0 heterocycles. The molecule has 4 rings (SSSR count). The minimum Gasteiger partial charge on any atom is -0.457 e. The SMILES string of the molecule is Cc1cc(Oc2ccc(F)cc2)ccc1[I+]c1ccc(Oc2ccc(F)cc2)cc1C. The van der Waals surface area contributed by atoms with E-state index in [9.17, 15) is 8.78 Å². The molecule has 0 N–H and O–H groups in total. The predicted octanol–water partition coefficient (Wildman–Crippen LogP) is 4.29. The fourth-order valence-electron chi connectivity index (χ4n) is 2.96. The van der Waals surface area contributed by atoms with Crippen LogP contribution in [0.1, 0.15) is 11.1 Å². The van der Waals surface area contributed by atoms with Crippen LogP contribution in [0.4, 0.5) is 8.78 Å². The average Bonchev–Trinajstić information content (AvgIpc) is 2.75. The van der Waals surface area contributed by atoms with Gasteiger partial charge in [-0.3, -0.25) is 0 Å². The van der Waals surface area contributed by atoms with E-state index in [1.165, 1.54) is 42.5 Å². The van der Waals surface area contributed by atoms with Gasteiger partial charge >= 0.3 is 21.2 Å². The zero-order valence-corrected chi connectivity index (χ0v) is 19.2. The first-order valence-electron chi connectivity index (χ1n) is 9.69. The minimum atomic E-state index is -0.380. The summed E-state index contributed by atoms with van der Waals surface area (Å²) in [5.74, 6) is 2.11. The van der Waals surface area contributed by atoms with E-state index in [0.717, 1.165) is 11.5 Å². The van der Waals surface area contributed by atoms with E-state index < -0.39 is 0 Å². The first-order chi connectivity index (χ1) is 15.0. The molecule has 156 valence electrons. The summed E-state index contributed by atoms with van der Waals surface area (Å²) in [6.45, 7) is 4.15. The summed E-state index contributed by atoms with van der Waals surface area (Å²) < 4.78 is 40.4. The normalized spacial score (nSPS) is 10.7. The molecule has 2 nitrogen and oxygen atoms in total. The van der Waals surface area contributed by atoms with Gasteiger partial charge in [-0.25, -0.2) is 8.78 Å².